The molecule has 108 valence electrons. The molecule has 0 aromatic carbocycles. The quantitative estimate of drug-likeness (QED) is 0.805. The fourth-order valence-electron chi connectivity index (χ4n) is 1.60. The molecule has 0 spiro atoms. The van der Waals surface area contributed by atoms with Gasteiger partial charge in [-0.05, 0) is 19.9 Å². The Morgan fingerprint density at radius 1 is 1.37 bits per heavy atom. The molecule has 1 heterocycles. The Labute approximate surface area is 110 Å². The summed E-state index contributed by atoms with van der Waals surface area (Å²) in [6.45, 7) is 2.38. The van der Waals surface area contributed by atoms with Crippen molar-refractivity contribution in [2.45, 2.75) is 38.9 Å². The molecule has 2 N–H and O–H groups in total. The van der Waals surface area contributed by atoms with Gasteiger partial charge in [0.05, 0.1) is 6.61 Å². The molecular formula is C12H18F3N3O. The van der Waals surface area contributed by atoms with Gasteiger partial charge in [-0.1, -0.05) is 0 Å². The van der Waals surface area contributed by atoms with E-state index >= 15 is 0 Å². The van der Waals surface area contributed by atoms with Crippen LogP contribution in [0.2, 0.25) is 0 Å². The highest BCUT2D eigenvalue weighted by Gasteiger charge is 2.27. The van der Waals surface area contributed by atoms with Crippen molar-refractivity contribution in [3.05, 3.63) is 23.3 Å². The van der Waals surface area contributed by atoms with Gasteiger partial charge in [0.2, 0.25) is 0 Å². The van der Waals surface area contributed by atoms with Crippen LogP contribution in [0.25, 0.3) is 0 Å². The smallest absolute Gasteiger partial charge is 0.372 e. The largest absolute Gasteiger partial charge is 0.411 e. The van der Waals surface area contributed by atoms with E-state index in [1.165, 1.54) is 0 Å². The van der Waals surface area contributed by atoms with Gasteiger partial charge in [0.25, 0.3) is 0 Å². The van der Waals surface area contributed by atoms with Crippen LogP contribution in [0.3, 0.4) is 0 Å². The maximum absolute atomic E-state index is 11.9. The Morgan fingerprint density at radius 2 is 2.05 bits per heavy atom. The zero-order chi connectivity index (χ0) is 14.5. The molecule has 0 fully saturated rings. The second kappa shape index (κ2) is 6.81. The van der Waals surface area contributed by atoms with E-state index in [1.54, 1.807) is 0 Å². The van der Waals surface area contributed by atoms with E-state index < -0.39 is 12.8 Å². The van der Waals surface area contributed by atoms with Crippen molar-refractivity contribution >= 4 is 0 Å². The second-order valence-corrected chi connectivity index (χ2v) is 4.52. The summed E-state index contributed by atoms with van der Waals surface area (Å²) in [6, 6.07) is 1.80. The molecule has 1 atom stereocenters. The van der Waals surface area contributed by atoms with Crippen LogP contribution in [-0.2, 0) is 17.6 Å². The Kier molecular flexibility index (Phi) is 5.68. The van der Waals surface area contributed by atoms with E-state index in [9.17, 15) is 13.2 Å². The molecule has 1 aromatic heterocycles. The minimum atomic E-state index is -4.30. The Bertz CT molecular complexity index is 408. The fourth-order valence-corrected chi connectivity index (χ4v) is 1.60. The van der Waals surface area contributed by atoms with E-state index in [0.29, 0.717) is 12.2 Å². The van der Waals surface area contributed by atoms with E-state index in [2.05, 4.69) is 14.7 Å². The third kappa shape index (κ3) is 7.07. The molecular weight excluding hydrogens is 259 g/mol. The standard InChI is InChI=1S/C12H18F3N3O/c1-8(16)5-10-6-9(2)17-11(18-10)3-4-19-7-12(13,14)15/h6,8H,3-5,7,16H2,1-2H3. The summed E-state index contributed by atoms with van der Waals surface area (Å²) >= 11 is 0. The number of nitrogens with two attached hydrogens (primary N) is 1. The first-order chi connectivity index (χ1) is 8.76. The fraction of sp³-hybridized carbons (Fsp3) is 0.667. The van der Waals surface area contributed by atoms with Gasteiger partial charge in [0, 0.05) is 30.3 Å². The van der Waals surface area contributed by atoms with Crippen molar-refractivity contribution in [2.75, 3.05) is 13.2 Å². The molecule has 0 bridgehead atoms. The van der Waals surface area contributed by atoms with Gasteiger partial charge in [0.15, 0.2) is 0 Å². The second-order valence-electron chi connectivity index (χ2n) is 4.52. The van der Waals surface area contributed by atoms with E-state index in [0.717, 1.165) is 11.4 Å². The first-order valence-electron chi connectivity index (χ1n) is 6.00. The number of ether oxygens (including phenoxy) is 1. The lowest BCUT2D eigenvalue weighted by Gasteiger charge is -2.09. The van der Waals surface area contributed by atoms with Crippen LogP contribution in [-0.4, -0.2) is 35.4 Å². The van der Waals surface area contributed by atoms with Crippen LogP contribution < -0.4 is 5.73 Å². The average molecular weight is 277 g/mol. The Morgan fingerprint density at radius 3 is 2.63 bits per heavy atom. The third-order valence-electron chi connectivity index (χ3n) is 2.22. The number of halogens is 3. The average Bonchev–Trinajstić information content (AvgIpc) is 2.21. The molecule has 19 heavy (non-hydrogen) atoms. The molecule has 1 unspecified atom stereocenters. The summed E-state index contributed by atoms with van der Waals surface area (Å²) in [5.41, 5.74) is 7.26. The topological polar surface area (TPSA) is 61.0 Å². The number of aryl methyl sites for hydroxylation is 1. The molecule has 0 amide bonds. The lowest BCUT2D eigenvalue weighted by molar-refractivity contribution is -0.173. The Hall–Kier alpha value is -1.21. The summed E-state index contributed by atoms with van der Waals surface area (Å²) in [7, 11) is 0. The molecule has 0 aliphatic rings. The van der Waals surface area contributed by atoms with Gasteiger partial charge in [0.1, 0.15) is 12.4 Å². The zero-order valence-electron chi connectivity index (χ0n) is 11.0. The van der Waals surface area contributed by atoms with Crippen LogP contribution >= 0.6 is 0 Å². The zero-order valence-corrected chi connectivity index (χ0v) is 11.0. The van der Waals surface area contributed by atoms with Crippen molar-refractivity contribution in [3.8, 4) is 0 Å². The number of alkyl halides is 3. The van der Waals surface area contributed by atoms with E-state index in [-0.39, 0.29) is 19.1 Å². The van der Waals surface area contributed by atoms with Crippen molar-refractivity contribution in [3.63, 3.8) is 0 Å². The molecule has 0 saturated heterocycles. The molecule has 0 aliphatic carbocycles. The summed E-state index contributed by atoms with van der Waals surface area (Å²) in [5.74, 6) is 0.484. The minimum absolute atomic E-state index is 0.0244. The molecule has 0 aliphatic heterocycles. The van der Waals surface area contributed by atoms with Gasteiger partial charge in [-0.15, -0.1) is 0 Å². The molecule has 1 rings (SSSR count). The minimum Gasteiger partial charge on any atom is -0.372 e. The van der Waals surface area contributed by atoms with Gasteiger partial charge in [-0.3, -0.25) is 0 Å². The summed E-state index contributed by atoms with van der Waals surface area (Å²) in [6.07, 6.45) is -3.43. The highest BCUT2D eigenvalue weighted by Crippen LogP contribution is 2.14. The lowest BCUT2D eigenvalue weighted by Crippen LogP contribution is -2.20. The van der Waals surface area contributed by atoms with Crippen LogP contribution in [0, 0.1) is 6.92 Å². The highest BCUT2D eigenvalue weighted by atomic mass is 19.4. The van der Waals surface area contributed by atoms with Gasteiger partial charge in [-0.25, -0.2) is 9.97 Å². The van der Waals surface area contributed by atoms with Crippen LogP contribution in [0.5, 0.6) is 0 Å². The SMILES string of the molecule is Cc1cc(CC(C)N)nc(CCOCC(F)(F)F)n1. The number of hydrogen-bond donors (Lipinski definition) is 1. The molecule has 0 radical (unpaired) electrons. The lowest BCUT2D eigenvalue weighted by atomic mass is 10.1. The van der Waals surface area contributed by atoms with Crippen LogP contribution in [0.15, 0.2) is 6.07 Å². The number of nitrogens with zero attached hydrogens (tertiary/aromatic N) is 2. The van der Waals surface area contributed by atoms with Gasteiger partial charge >= 0.3 is 6.18 Å². The van der Waals surface area contributed by atoms with Crippen molar-refractivity contribution < 1.29 is 17.9 Å². The number of hydrogen-bond acceptors (Lipinski definition) is 4. The predicted octanol–water partition coefficient (Wildman–Crippen LogP) is 1.80. The maximum Gasteiger partial charge on any atom is 0.411 e. The summed E-state index contributed by atoms with van der Waals surface area (Å²) in [4.78, 5) is 8.42. The van der Waals surface area contributed by atoms with Crippen molar-refractivity contribution in [1.29, 1.82) is 0 Å². The van der Waals surface area contributed by atoms with Crippen molar-refractivity contribution in [2.24, 2.45) is 5.73 Å². The van der Waals surface area contributed by atoms with Gasteiger partial charge < -0.3 is 10.5 Å². The molecule has 0 saturated carbocycles. The number of rotatable bonds is 6. The van der Waals surface area contributed by atoms with Gasteiger partial charge in [-0.2, -0.15) is 13.2 Å². The predicted molar refractivity (Wildman–Crippen MR) is 64.7 cm³/mol. The summed E-state index contributed by atoms with van der Waals surface area (Å²) in [5, 5.41) is 0. The molecule has 1 aromatic rings. The van der Waals surface area contributed by atoms with Crippen LogP contribution in [0.4, 0.5) is 13.2 Å². The van der Waals surface area contributed by atoms with E-state index in [1.807, 2.05) is 19.9 Å². The molecule has 4 nitrogen and oxygen atoms in total. The maximum atomic E-state index is 11.9. The normalized spacial score (nSPS) is 13.6. The van der Waals surface area contributed by atoms with Crippen LogP contribution in [0.1, 0.15) is 24.1 Å². The Balaban J connectivity index is 2.51. The first kappa shape index (κ1) is 15.8. The molecule has 7 heteroatoms. The summed E-state index contributed by atoms with van der Waals surface area (Å²) < 4.78 is 40.2. The van der Waals surface area contributed by atoms with Crippen molar-refractivity contribution in [1.82, 2.24) is 9.97 Å². The number of aromatic nitrogens is 2. The van der Waals surface area contributed by atoms with E-state index in [4.69, 9.17) is 5.73 Å². The third-order valence-corrected chi connectivity index (χ3v) is 2.22. The monoisotopic (exact) mass is 277 g/mol. The highest BCUT2D eigenvalue weighted by molar-refractivity contribution is 5.11. The first-order valence-corrected chi connectivity index (χ1v) is 6.00.